The molecule has 1 heterocycles. The summed E-state index contributed by atoms with van der Waals surface area (Å²) < 4.78 is 31.7. The molecule has 8 heteroatoms. The van der Waals surface area contributed by atoms with Gasteiger partial charge in [-0.2, -0.15) is 0 Å². The molecule has 1 atom stereocenters. The van der Waals surface area contributed by atoms with E-state index < -0.39 is 21.2 Å². The predicted molar refractivity (Wildman–Crippen MR) is 79.1 cm³/mol. The number of morpholine rings is 1. The zero-order chi connectivity index (χ0) is 15.5. The topological polar surface area (TPSA) is 95.9 Å². The van der Waals surface area contributed by atoms with Crippen LogP contribution >= 0.6 is 0 Å². The number of sulfonamides is 1. The summed E-state index contributed by atoms with van der Waals surface area (Å²) in [6.45, 7) is 3.61. The number of aliphatic carboxylic acids is 1. The second-order valence-corrected chi connectivity index (χ2v) is 6.75. The number of nitrogens with one attached hydrogen (secondary N) is 1. The van der Waals surface area contributed by atoms with Crippen molar-refractivity contribution in [3.05, 3.63) is 24.3 Å². The van der Waals surface area contributed by atoms with Gasteiger partial charge in [0.2, 0.25) is 10.0 Å². The molecule has 21 heavy (non-hydrogen) atoms. The van der Waals surface area contributed by atoms with E-state index in [1.54, 1.807) is 18.2 Å². The minimum Gasteiger partial charge on any atom is -0.480 e. The highest BCUT2D eigenvalue weighted by molar-refractivity contribution is 7.94. The fourth-order valence-electron chi connectivity index (χ4n) is 2.01. The van der Waals surface area contributed by atoms with E-state index in [-0.39, 0.29) is 0 Å². The number of rotatable bonds is 5. The second kappa shape index (κ2) is 6.31. The van der Waals surface area contributed by atoms with Gasteiger partial charge in [0.15, 0.2) is 5.25 Å². The molecular weight excluding hydrogens is 296 g/mol. The highest BCUT2D eigenvalue weighted by Crippen LogP contribution is 2.27. The quantitative estimate of drug-likeness (QED) is 0.832. The maximum atomic E-state index is 12.0. The van der Waals surface area contributed by atoms with Crippen molar-refractivity contribution in [3.63, 3.8) is 0 Å². The highest BCUT2D eigenvalue weighted by Gasteiger charge is 2.28. The van der Waals surface area contributed by atoms with Crippen LogP contribution in [-0.4, -0.2) is 51.0 Å². The van der Waals surface area contributed by atoms with Gasteiger partial charge in [-0.3, -0.25) is 9.52 Å². The van der Waals surface area contributed by atoms with Crippen molar-refractivity contribution in [2.45, 2.75) is 12.2 Å². The number of carboxylic acids is 1. The molecule has 116 valence electrons. The van der Waals surface area contributed by atoms with Crippen LogP contribution < -0.4 is 9.62 Å². The Labute approximate surface area is 123 Å². The van der Waals surface area contributed by atoms with Crippen LogP contribution in [0.15, 0.2) is 24.3 Å². The number of anilines is 2. The number of nitrogens with zero attached hydrogens (tertiary/aromatic N) is 1. The Morgan fingerprint density at radius 2 is 1.95 bits per heavy atom. The van der Waals surface area contributed by atoms with Crippen LogP contribution in [0, 0.1) is 0 Å². The number of benzene rings is 1. The molecule has 0 aromatic heterocycles. The maximum absolute atomic E-state index is 12.0. The molecule has 1 aliphatic heterocycles. The molecule has 0 amide bonds. The Kier molecular flexibility index (Phi) is 4.69. The summed E-state index contributed by atoms with van der Waals surface area (Å²) in [6.07, 6.45) is 0. The molecule has 0 spiro atoms. The predicted octanol–water partition coefficient (Wildman–Crippen LogP) is 0.738. The molecule has 1 aromatic rings. The van der Waals surface area contributed by atoms with Crippen molar-refractivity contribution in [1.29, 1.82) is 0 Å². The molecule has 1 unspecified atom stereocenters. The first-order valence-electron chi connectivity index (χ1n) is 6.58. The first kappa shape index (κ1) is 15.6. The summed E-state index contributed by atoms with van der Waals surface area (Å²) in [5, 5.41) is 7.35. The zero-order valence-corrected chi connectivity index (χ0v) is 12.5. The molecule has 2 N–H and O–H groups in total. The van der Waals surface area contributed by atoms with E-state index >= 15 is 0 Å². The average molecular weight is 314 g/mol. The molecule has 1 fully saturated rings. The minimum absolute atomic E-state index is 0.382. The number of hydrogen-bond acceptors (Lipinski definition) is 5. The number of carbonyl (C=O) groups is 1. The van der Waals surface area contributed by atoms with E-state index in [2.05, 4.69) is 4.72 Å². The Morgan fingerprint density at radius 1 is 1.33 bits per heavy atom. The van der Waals surface area contributed by atoms with E-state index in [0.29, 0.717) is 32.0 Å². The van der Waals surface area contributed by atoms with Gasteiger partial charge in [0.05, 0.1) is 24.6 Å². The number of carboxylic acid groups (broad SMARTS) is 1. The molecular formula is C13H18N2O5S. The molecule has 0 aliphatic carbocycles. The molecule has 0 radical (unpaired) electrons. The number of ether oxygens (including phenoxy) is 1. The summed E-state index contributed by atoms with van der Waals surface area (Å²) in [5.41, 5.74) is 1.11. The summed E-state index contributed by atoms with van der Waals surface area (Å²) >= 11 is 0. The highest BCUT2D eigenvalue weighted by atomic mass is 32.2. The average Bonchev–Trinajstić information content (AvgIpc) is 2.47. The van der Waals surface area contributed by atoms with Crippen molar-refractivity contribution in [1.82, 2.24) is 0 Å². The second-order valence-electron chi connectivity index (χ2n) is 4.74. The third-order valence-corrected chi connectivity index (χ3v) is 4.96. The minimum atomic E-state index is -3.98. The normalized spacial score (nSPS) is 17.3. The molecule has 0 bridgehead atoms. The third-order valence-electron chi connectivity index (χ3n) is 3.32. The zero-order valence-electron chi connectivity index (χ0n) is 11.7. The van der Waals surface area contributed by atoms with Gasteiger partial charge in [-0.15, -0.1) is 0 Å². The van der Waals surface area contributed by atoms with E-state index in [4.69, 9.17) is 9.84 Å². The van der Waals surface area contributed by atoms with E-state index in [1.165, 1.54) is 0 Å². The molecule has 1 aliphatic rings. The maximum Gasteiger partial charge on any atom is 0.323 e. The third kappa shape index (κ3) is 3.64. The van der Waals surface area contributed by atoms with Gasteiger partial charge in [-0.05, 0) is 19.1 Å². The van der Waals surface area contributed by atoms with Gasteiger partial charge in [-0.1, -0.05) is 12.1 Å². The van der Waals surface area contributed by atoms with Crippen LogP contribution in [0.5, 0.6) is 0 Å². The number of hydrogen-bond donors (Lipinski definition) is 2. The Hall–Kier alpha value is -1.80. The van der Waals surface area contributed by atoms with Crippen molar-refractivity contribution in [3.8, 4) is 0 Å². The van der Waals surface area contributed by atoms with Gasteiger partial charge >= 0.3 is 5.97 Å². The summed E-state index contributed by atoms with van der Waals surface area (Å²) in [6, 6.07) is 6.93. The summed E-state index contributed by atoms with van der Waals surface area (Å²) in [7, 11) is -3.98. The van der Waals surface area contributed by atoms with Crippen molar-refractivity contribution < 1.29 is 23.1 Å². The summed E-state index contributed by atoms with van der Waals surface area (Å²) in [4.78, 5) is 12.9. The lowest BCUT2D eigenvalue weighted by Crippen LogP contribution is -2.37. The molecule has 0 saturated carbocycles. The van der Waals surface area contributed by atoms with Crippen LogP contribution in [0.3, 0.4) is 0 Å². The standard InChI is InChI=1S/C13H18N2O5S/c1-10(13(16)17)21(18,19)14-11-4-2-3-5-12(11)15-6-8-20-9-7-15/h2-5,10,14H,6-9H2,1H3,(H,16,17). The Balaban J connectivity index is 2.26. The van der Waals surface area contributed by atoms with Crippen LogP contribution in [0.4, 0.5) is 11.4 Å². The van der Waals surface area contributed by atoms with Gasteiger partial charge < -0.3 is 14.7 Å². The number of para-hydroxylation sites is 2. The van der Waals surface area contributed by atoms with Crippen LogP contribution in [0.1, 0.15) is 6.92 Å². The summed E-state index contributed by atoms with van der Waals surface area (Å²) in [5.74, 6) is -1.38. The lowest BCUT2D eigenvalue weighted by Gasteiger charge is -2.30. The van der Waals surface area contributed by atoms with Crippen LogP contribution in [0.2, 0.25) is 0 Å². The van der Waals surface area contributed by atoms with Gasteiger partial charge in [-0.25, -0.2) is 8.42 Å². The first-order valence-corrected chi connectivity index (χ1v) is 8.12. The van der Waals surface area contributed by atoms with Gasteiger partial charge in [0, 0.05) is 13.1 Å². The first-order chi connectivity index (χ1) is 9.92. The molecule has 1 aromatic carbocycles. The van der Waals surface area contributed by atoms with Crippen LogP contribution in [-0.2, 0) is 19.6 Å². The smallest absolute Gasteiger partial charge is 0.323 e. The van der Waals surface area contributed by atoms with Gasteiger partial charge in [0.25, 0.3) is 0 Å². The molecule has 1 saturated heterocycles. The van der Waals surface area contributed by atoms with E-state index in [9.17, 15) is 13.2 Å². The van der Waals surface area contributed by atoms with Crippen LogP contribution in [0.25, 0.3) is 0 Å². The lowest BCUT2D eigenvalue weighted by atomic mass is 10.2. The molecule has 2 rings (SSSR count). The SMILES string of the molecule is CC(C(=O)O)S(=O)(=O)Nc1ccccc1N1CCOCC1. The van der Waals surface area contributed by atoms with E-state index in [0.717, 1.165) is 12.6 Å². The Bertz CT molecular complexity index is 611. The van der Waals surface area contributed by atoms with Crippen molar-refractivity contribution >= 4 is 27.4 Å². The van der Waals surface area contributed by atoms with Gasteiger partial charge in [0.1, 0.15) is 0 Å². The molecule has 7 nitrogen and oxygen atoms in total. The lowest BCUT2D eigenvalue weighted by molar-refractivity contribution is -0.136. The van der Waals surface area contributed by atoms with Crippen molar-refractivity contribution in [2.24, 2.45) is 0 Å². The monoisotopic (exact) mass is 314 g/mol. The fraction of sp³-hybridized carbons (Fsp3) is 0.462. The fourth-order valence-corrected chi connectivity index (χ4v) is 2.94. The Morgan fingerprint density at radius 3 is 2.57 bits per heavy atom. The van der Waals surface area contributed by atoms with Crippen molar-refractivity contribution in [2.75, 3.05) is 35.9 Å². The largest absolute Gasteiger partial charge is 0.480 e. The van der Waals surface area contributed by atoms with E-state index in [1.807, 2.05) is 11.0 Å².